The Morgan fingerprint density at radius 3 is 2.70 bits per heavy atom. The van der Waals surface area contributed by atoms with Gasteiger partial charge in [-0.25, -0.2) is 9.97 Å². The average molecular weight is 397 g/mol. The minimum Gasteiger partial charge on any atom is -0.467 e. The molecule has 2 heterocycles. The third-order valence-corrected chi connectivity index (χ3v) is 3.78. The van der Waals surface area contributed by atoms with Crippen LogP contribution in [0.25, 0.3) is 0 Å². The van der Waals surface area contributed by atoms with Gasteiger partial charge in [-0.3, -0.25) is 4.79 Å². The van der Waals surface area contributed by atoms with Gasteiger partial charge in [-0.2, -0.15) is 13.2 Å². The summed E-state index contributed by atoms with van der Waals surface area (Å²) in [6.07, 6.45) is -1.94. The number of carbonyl (C=O) groups excluding carboxylic acids is 1. The smallest absolute Gasteiger partial charge is 0.417 e. The first-order valence-electron chi connectivity index (χ1n) is 7.59. The molecule has 3 rings (SSSR count). The molecule has 0 aliphatic heterocycles. The van der Waals surface area contributed by atoms with Crippen molar-refractivity contribution >= 4 is 29.0 Å². The molecule has 0 bridgehead atoms. The molecule has 140 valence electrons. The maximum absolute atomic E-state index is 12.9. The molecule has 0 aliphatic carbocycles. The summed E-state index contributed by atoms with van der Waals surface area (Å²) in [5, 5.41) is 4.86. The van der Waals surface area contributed by atoms with E-state index in [2.05, 4.69) is 20.6 Å². The molecule has 0 saturated carbocycles. The second kappa shape index (κ2) is 7.67. The van der Waals surface area contributed by atoms with Crippen LogP contribution in [0, 0.1) is 0 Å². The van der Waals surface area contributed by atoms with E-state index in [0.29, 0.717) is 18.1 Å². The second-order valence-electron chi connectivity index (χ2n) is 5.37. The van der Waals surface area contributed by atoms with Crippen LogP contribution in [-0.4, -0.2) is 15.9 Å². The van der Waals surface area contributed by atoms with Crippen LogP contribution in [0.5, 0.6) is 0 Å². The van der Waals surface area contributed by atoms with Crippen molar-refractivity contribution in [3.8, 4) is 0 Å². The second-order valence-corrected chi connectivity index (χ2v) is 5.78. The van der Waals surface area contributed by atoms with Crippen LogP contribution in [0.1, 0.15) is 21.8 Å². The maximum atomic E-state index is 12.9. The maximum Gasteiger partial charge on any atom is 0.417 e. The molecule has 2 N–H and O–H groups in total. The molecular weight excluding hydrogens is 385 g/mol. The van der Waals surface area contributed by atoms with Crippen LogP contribution in [0.3, 0.4) is 0 Å². The van der Waals surface area contributed by atoms with Crippen LogP contribution in [-0.2, 0) is 12.7 Å². The summed E-state index contributed by atoms with van der Waals surface area (Å²) >= 11 is 5.56. The molecule has 6 nitrogen and oxygen atoms in total. The zero-order valence-electron chi connectivity index (χ0n) is 13.5. The van der Waals surface area contributed by atoms with E-state index in [1.54, 1.807) is 12.1 Å². The molecule has 0 unspecified atom stereocenters. The van der Waals surface area contributed by atoms with E-state index in [1.807, 2.05) is 0 Å². The molecule has 0 saturated heterocycles. The summed E-state index contributed by atoms with van der Waals surface area (Å²) in [4.78, 5) is 20.1. The predicted molar refractivity (Wildman–Crippen MR) is 92.5 cm³/mol. The van der Waals surface area contributed by atoms with Crippen LogP contribution in [0.4, 0.5) is 24.7 Å². The number of amides is 1. The molecule has 0 spiro atoms. The number of aromatic nitrogens is 2. The lowest BCUT2D eigenvalue weighted by molar-refractivity contribution is -0.137. The number of carbonyl (C=O) groups is 1. The van der Waals surface area contributed by atoms with Crippen LogP contribution >= 0.6 is 11.6 Å². The van der Waals surface area contributed by atoms with E-state index in [4.69, 9.17) is 16.0 Å². The zero-order valence-corrected chi connectivity index (χ0v) is 14.3. The number of benzene rings is 1. The molecule has 0 atom stereocenters. The highest BCUT2D eigenvalue weighted by Crippen LogP contribution is 2.36. The molecule has 10 heteroatoms. The third kappa shape index (κ3) is 4.76. The minimum atomic E-state index is -4.63. The topological polar surface area (TPSA) is 80.0 Å². The lowest BCUT2D eigenvalue weighted by Crippen LogP contribution is -2.15. The minimum absolute atomic E-state index is 0.0181. The molecule has 27 heavy (non-hydrogen) atoms. The van der Waals surface area contributed by atoms with Crippen LogP contribution in [0.2, 0.25) is 5.02 Å². The highest BCUT2D eigenvalue weighted by atomic mass is 35.5. The van der Waals surface area contributed by atoms with Gasteiger partial charge in [0.25, 0.3) is 5.91 Å². The summed E-state index contributed by atoms with van der Waals surface area (Å²) in [5.74, 6) is 0.341. The molecule has 2 aromatic heterocycles. The number of alkyl halides is 3. The van der Waals surface area contributed by atoms with Gasteiger partial charge >= 0.3 is 6.18 Å². The van der Waals surface area contributed by atoms with Crippen molar-refractivity contribution in [3.05, 3.63) is 71.0 Å². The first-order valence-corrected chi connectivity index (χ1v) is 7.97. The van der Waals surface area contributed by atoms with Crippen molar-refractivity contribution in [2.45, 2.75) is 12.7 Å². The van der Waals surface area contributed by atoms with Gasteiger partial charge in [0.05, 0.1) is 23.4 Å². The molecule has 0 aliphatic rings. The van der Waals surface area contributed by atoms with Gasteiger partial charge in [0.2, 0.25) is 0 Å². The van der Waals surface area contributed by atoms with Gasteiger partial charge in [-0.05, 0) is 30.3 Å². The number of anilines is 2. The highest BCUT2D eigenvalue weighted by molar-refractivity contribution is 6.31. The Morgan fingerprint density at radius 2 is 2.00 bits per heavy atom. The fraction of sp³-hybridized carbons (Fsp3) is 0.118. The predicted octanol–water partition coefficient (Wildman–Crippen LogP) is 4.61. The summed E-state index contributed by atoms with van der Waals surface area (Å²) in [6.45, 7) is 0.344. The number of halogens is 4. The van der Waals surface area contributed by atoms with Crippen molar-refractivity contribution in [2.75, 3.05) is 10.6 Å². The Hall–Kier alpha value is -3.07. The van der Waals surface area contributed by atoms with Gasteiger partial charge in [0.15, 0.2) is 0 Å². The number of furan rings is 1. The zero-order chi connectivity index (χ0) is 19.4. The fourth-order valence-corrected chi connectivity index (χ4v) is 2.41. The lowest BCUT2D eigenvalue weighted by Gasteiger charge is -2.12. The van der Waals surface area contributed by atoms with Gasteiger partial charge in [0, 0.05) is 11.8 Å². The Morgan fingerprint density at radius 1 is 1.19 bits per heavy atom. The first-order chi connectivity index (χ1) is 12.8. The van der Waals surface area contributed by atoms with Gasteiger partial charge in [-0.1, -0.05) is 11.6 Å². The van der Waals surface area contributed by atoms with Crippen molar-refractivity contribution in [1.29, 1.82) is 0 Å². The fourth-order valence-electron chi connectivity index (χ4n) is 2.18. The highest BCUT2D eigenvalue weighted by Gasteiger charge is 2.33. The summed E-state index contributed by atoms with van der Waals surface area (Å²) < 4.78 is 43.9. The number of hydrogen-bond donors (Lipinski definition) is 2. The Balaban J connectivity index is 1.72. The van der Waals surface area contributed by atoms with E-state index in [0.717, 1.165) is 12.1 Å². The van der Waals surface area contributed by atoms with Gasteiger partial charge in [-0.15, -0.1) is 0 Å². The van der Waals surface area contributed by atoms with E-state index in [-0.39, 0.29) is 11.4 Å². The lowest BCUT2D eigenvalue weighted by atomic mass is 10.2. The quantitative estimate of drug-likeness (QED) is 0.658. The van der Waals surface area contributed by atoms with E-state index < -0.39 is 22.7 Å². The normalized spacial score (nSPS) is 11.3. The largest absolute Gasteiger partial charge is 0.467 e. The van der Waals surface area contributed by atoms with E-state index in [1.165, 1.54) is 24.7 Å². The van der Waals surface area contributed by atoms with Crippen LogP contribution < -0.4 is 10.6 Å². The van der Waals surface area contributed by atoms with Crippen LogP contribution in [0.15, 0.2) is 53.4 Å². The molecule has 0 radical (unpaired) electrons. The molecule has 3 aromatic rings. The third-order valence-electron chi connectivity index (χ3n) is 3.45. The Kier molecular flexibility index (Phi) is 5.31. The number of nitrogens with one attached hydrogen (secondary N) is 2. The average Bonchev–Trinajstić information content (AvgIpc) is 3.14. The Bertz CT molecular complexity index is 946. The molecule has 0 fully saturated rings. The summed E-state index contributed by atoms with van der Waals surface area (Å²) in [5.41, 5.74) is -1.11. The number of nitrogens with zero attached hydrogens (tertiary/aromatic N) is 2. The molecule has 1 aromatic carbocycles. The molecular formula is C17H12ClF3N4O2. The Labute approximate surface area is 156 Å². The summed E-state index contributed by atoms with van der Waals surface area (Å²) in [6, 6.07) is 7.97. The van der Waals surface area contributed by atoms with E-state index in [9.17, 15) is 18.0 Å². The van der Waals surface area contributed by atoms with Crippen molar-refractivity contribution in [3.63, 3.8) is 0 Å². The number of rotatable bonds is 5. The van der Waals surface area contributed by atoms with Crippen molar-refractivity contribution < 1.29 is 22.4 Å². The SMILES string of the molecule is O=C(Nc1ccc(Cl)c(C(F)(F)F)c1)c1cc(NCc2ccco2)ncn1. The van der Waals surface area contributed by atoms with Crippen molar-refractivity contribution in [1.82, 2.24) is 9.97 Å². The summed E-state index contributed by atoms with van der Waals surface area (Å²) in [7, 11) is 0. The monoisotopic (exact) mass is 396 g/mol. The van der Waals surface area contributed by atoms with Gasteiger partial charge in [0.1, 0.15) is 23.6 Å². The van der Waals surface area contributed by atoms with E-state index >= 15 is 0 Å². The van der Waals surface area contributed by atoms with Gasteiger partial charge < -0.3 is 15.1 Å². The standard InChI is InChI=1S/C17H12ClF3N4O2/c18-13-4-3-10(6-12(13)17(19,20)21)25-16(26)14-7-15(24-9-23-14)22-8-11-2-1-5-27-11/h1-7,9H,8H2,(H,25,26)(H,22,23,24). The number of hydrogen-bond acceptors (Lipinski definition) is 5. The molecule has 1 amide bonds. The van der Waals surface area contributed by atoms with Crippen molar-refractivity contribution in [2.24, 2.45) is 0 Å². The first kappa shape index (κ1) is 18.7.